The number of aromatic nitrogens is 2. The normalized spacial score (nSPS) is 10.3. The second-order valence-corrected chi connectivity index (χ2v) is 4.75. The van der Waals surface area contributed by atoms with Gasteiger partial charge in [-0.2, -0.15) is 0 Å². The predicted molar refractivity (Wildman–Crippen MR) is 87.0 cm³/mol. The van der Waals surface area contributed by atoms with Gasteiger partial charge in [0.1, 0.15) is 11.4 Å². The Hall–Kier alpha value is -3.15. The molecule has 3 aromatic rings. The lowest BCUT2D eigenvalue weighted by molar-refractivity contribution is 0.102. The number of rotatable bonds is 4. The molecule has 1 N–H and O–H groups in total. The molecule has 0 spiro atoms. The van der Waals surface area contributed by atoms with Gasteiger partial charge in [-0.3, -0.25) is 4.79 Å². The molecule has 0 unspecified atom stereocenters. The Bertz CT molecular complexity index is 865. The lowest BCUT2D eigenvalue weighted by Gasteiger charge is -2.10. The van der Waals surface area contributed by atoms with E-state index in [4.69, 9.17) is 9.47 Å². The minimum atomic E-state index is -0.361. The molecule has 0 fully saturated rings. The summed E-state index contributed by atoms with van der Waals surface area (Å²) in [4.78, 5) is 20.8. The van der Waals surface area contributed by atoms with Crippen LogP contribution in [0.25, 0.3) is 10.8 Å². The van der Waals surface area contributed by atoms with Crippen LogP contribution < -0.4 is 14.8 Å². The van der Waals surface area contributed by atoms with Gasteiger partial charge in [-0.05, 0) is 29.7 Å². The fourth-order valence-electron chi connectivity index (χ4n) is 2.27. The van der Waals surface area contributed by atoms with E-state index in [1.165, 1.54) is 14.2 Å². The number of anilines is 1. The average molecular weight is 309 g/mol. The Balaban J connectivity index is 1.98. The minimum absolute atomic E-state index is 0.256. The highest BCUT2D eigenvalue weighted by Gasteiger charge is 2.14. The second-order valence-electron chi connectivity index (χ2n) is 4.75. The van der Waals surface area contributed by atoms with Crippen LogP contribution in [-0.2, 0) is 0 Å². The Labute approximate surface area is 133 Å². The summed E-state index contributed by atoms with van der Waals surface area (Å²) in [5, 5.41) is 4.48. The van der Waals surface area contributed by atoms with Crippen molar-refractivity contribution < 1.29 is 14.3 Å². The molecule has 2 heterocycles. The van der Waals surface area contributed by atoms with Crippen molar-refractivity contribution in [1.29, 1.82) is 0 Å². The SMILES string of the molecule is COc1ncccc1NC(=O)c1cc2ccccc2c(OC)n1. The third-order valence-electron chi connectivity index (χ3n) is 3.34. The molecule has 0 aliphatic heterocycles. The van der Waals surface area contributed by atoms with Crippen molar-refractivity contribution in [3.63, 3.8) is 0 Å². The predicted octanol–water partition coefficient (Wildman–Crippen LogP) is 2.90. The van der Waals surface area contributed by atoms with Crippen LogP contribution in [0.2, 0.25) is 0 Å². The third kappa shape index (κ3) is 2.91. The fraction of sp³-hybridized carbons (Fsp3) is 0.118. The Kier molecular flexibility index (Phi) is 4.05. The molecule has 1 aromatic carbocycles. The van der Waals surface area contributed by atoms with Crippen molar-refractivity contribution in [2.24, 2.45) is 0 Å². The standard InChI is InChI=1S/C17H15N3O3/c1-22-16-12-7-4-3-6-11(12)10-14(20-16)15(21)19-13-8-5-9-18-17(13)23-2/h3-10H,1-2H3,(H,19,21). The number of hydrogen-bond acceptors (Lipinski definition) is 5. The highest BCUT2D eigenvalue weighted by Crippen LogP contribution is 2.25. The maximum Gasteiger partial charge on any atom is 0.274 e. The lowest BCUT2D eigenvalue weighted by Crippen LogP contribution is -2.15. The van der Waals surface area contributed by atoms with E-state index in [0.717, 1.165) is 10.8 Å². The molecule has 0 bridgehead atoms. The number of pyridine rings is 2. The first-order chi connectivity index (χ1) is 11.2. The number of nitrogens with zero attached hydrogens (tertiary/aromatic N) is 2. The van der Waals surface area contributed by atoms with Gasteiger partial charge in [0.25, 0.3) is 5.91 Å². The molecule has 3 rings (SSSR count). The van der Waals surface area contributed by atoms with E-state index in [2.05, 4.69) is 15.3 Å². The molecule has 0 radical (unpaired) electrons. The number of methoxy groups -OCH3 is 2. The zero-order valence-corrected chi connectivity index (χ0v) is 12.7. The van der Waals surface area contributed by atoms with Crippen LogP contribution in [0.3, 0.4) is 0 Å². The number of amides is 1. The topological polar surface area (TPSA) is 73.3 Å². The van der Waals surface area contributed by atoms with Crippen LogP contribution in [0.1, 0.15) is 10.5 Å². The van der Waals surface area contributed by atoms with Crippen LogP contribution in [0, 0.1) is 0 Å². The highest BCUT2D eigenvalue weighted by molar-refractivity contribution is 6.06. The first-order valence-corrected chi connectivity index (χ1v) is 6.97. The van der Waals surface area contributed by atoms with Gasteiger partial charge in [0.15, 0.2) is 0 Å². The molecule has 6 nitrogen and oxygen atoms in total. The monoisotopic (exact) mass is 309 g/mol. The number of carbonyl (C=O) groups is 1. The van der Waals surface area contributed by atoms with Gasteiger partial charge in [-0.15, -0.1) is 0 Å². The van der Waals surface area contributed by atoms with E-state index in [9.17, 15) is 4.79 Å². The maximum absolute atomic E-state index is 12.5. The average Bonchev–Trinajstić information content (AvgIpc) is 2.61. The molecule has 1 amide bonds. The number of carbonyl (C=O) groups excluding carboxylic acids is 1. The molecule has 0 saturated carbocycles. The van der Waals surface area contributed by atoms with Crippen LogP contribution in [-0.4, -0.2) is 30.1 Å². The summed E-state index contributed by atoms with van der Waals surface area (Å²) < 4.78 is 10.4. The molecule has 0 aliphatic carbocycles. The minimum Gasteiger partial charge on any atom is -0.481 e. The summed E-state index contributed by atoms with van der Waals surface area (Å²) >= 11 is 0. The molecule has 0 atom stereocenters. The Morgan fingerprint density at radius 3 is 2.61 bits per heavy atom. The first kappa shape index (κ1) is 14.8. The summed E-state index contributed by atoms with van der Waals surface area (Å²) in [7, 11) is 3.02. The van der Waals surface area contributed by atoms with Gasteiger partial charge in [-0.25, -0.2) is 9.97 Å². The van der Waals surface area contributed by atoms with Gasteiger partial charge in [0.2, 0.25) is 11.8 Å². The van der Waals surface area contributed by atoms with Crippen LogP contribution >= 0.6 is 0 Å². The van der Waals surface area contributed by atoms with Gasteiger partial charge in [0.05, 0.1) is 14.2 Å². The van der Waals surface area contributed by atoms with Crippen LogP contribution in [0.4, 0.5) is 5.69 Å². The van der Waals surface area contributed by atoms with Gasteiger partial charge in [0, 0.05) is 11.6 Å². The zero-order valence-electron chi connectivity index (χ0n) is 12.7. The molecule has 0 saturated heterocycles. The smallest absolute Gasteiger partial charge is 0.274 e. The summed E-state index contributed by atoms with van der Waals surface area (Å²) in [6.45, 7) is 0. The van der Waals surface area contributed by atoms with Crippen molar-refractivity contribution in [3.8, 4) is 11.8 Å². The summed E-state index contributed by atoms with van der Waals surface area (Å²) in [6.07, 6.45) is 1.59. The number of ether oxygens (including phenoxy) is 2. The van der Waals surface area contributed by atoms with E-state index in [1.807, 2.05) is 24.3 Å². The first-order valence-electron chi connectivity index (χ1n) is 6.97. The number of nitrogens with one attached hydrogen (secondary N) is 1. The van der Waals surface area contributed by atoms with Crippen LogP contribution in [0.5, 0.6) is 11.8 Å². The van der Waals surface area contributed by atoms with Crippen molar-refractivity contribution >= 4 is 22.4 Å². The third-order valence-corrected chi connectivity index (χ3v) is 3.34. The quantitative estimate of drug-likeness (QED) is 0.802. The summed E-state index contributed by atoms with van der Waals surface area (Å²) in [5.41, 5.74) is 0.736. The van der Waals surface area contributed by atoms with Gasteiger partial charge in [-0.1, -0.05) is 18.2 Å². The van der Waals surface area contributed by atoms with Gasteiger partial charge >= 0.3 is 0 Å². The number of benzene rings is 1. The largest absolute Gasteiger partial charge is 0.481 e. The number of hydrogen-bond donors (Lipinski definition) is 1. The second kappa shape index (κ2) is 6.31. The molecular formula is C17H15N3O3. The van der Waals surface area contributed by atoms with E-state index in [1.54, 1.807) is 24.4 Å². The Morgan fingerprint density at radius 2 is 1.83 bits per heavy atom. The summed E-state index contributed by atoms with van der Waals surface area (Å²) in [5.74, 6) is 0.389. The van der Waals surface area contributed by atoms with Crippen LogP contribution in [0.15, 0.2) is 48.7 Å². The maximum atomic E-state index is 12.5. The molecule has 2 aromatic heterocycles. The van der Waals surface area contributed by atoms with E-state index in [-0.39, 0.29) is 11.6 Å². The molecule has 0 aliphatic rings. The van der Waals surface area contributed by atoms with Crippen molar-refractivity contribution in [1.82, 2.24) is 9.97 Å². The Morgan fingerprint density at radius 1 is 1.04 bits per heavy atom. The van der Waals surface area contributed by atoms with E-state index < -0.39 is 0 Å². The molecule has 23 heavy (non-hydrogen) atoms. The van der Waals surface area contributed by atoms with Crippen molar-refractivity contribution in [3.05, 3.63) is 54.4 Å². The molecule has 6 heteroatoms. The van der Waals surface area contributed by atoms with E-state index in [0.29, 0.717) is 17.4 Å². The molecular weight excluding hydrogens is 294 g/mol. The van der Waals surface area contributed by atoms with E-state index >= 15 is 0 Å². The fourth-order valence-corrected chi connectivity index (χ4v) is 2.27. The van der Waals surface area contributed by atoms with Crippen molar-refractivity contribution in [2.75, 3.05) is 19.5 Å². The van der Waals surface area contributed by atoms with Gasteiger partial charge < -0.3 is 14.8 Å². The molecule has 116 valence electrons. The number of fused-ring (bicyclic) bond motifs is 1. The lowest BCUT2D eigenvalue weighted by atomic mass is 10.1. The van der Waals surface area contributed by atoms with Crippen molar-refractivity contribution in [2.45, 2.75) is 0 Å². The summed E-state index contributed by atoms with van der Waals surface area (Å²) in [6, 6.07) is 12.7. The highest BCUT2D eigenvalue weighted by atomic mass is 16.5. The zero-order chi connectivity index (χ0) is 16.2.